The van der Waals surface area contributed by atoms with E-state index in [1.807, 2.05) is 25.1 Å². The molecular weight excluding hydrogens is 240 g/mol. The Kier molecular flexibility index (Phi) is 2.52. The number of nitrogens with zero attached hydrogens (tertiary/aromatic N) is 1. The molecule has 0 saturated carbocycles. The predicted octanol–water partition coefficient (Wildman–Crippen LogP) is 3.02. The second-order valence-electron chi connectivity index (χ2n) is 3.39. The van der Waals surface area contributed by atoms with E-state index in [0.29, 0.717) is 0 Å². The molecule has 1 aromatic carbocycles. The second kappa shape index (κ2) is 3.67. The summed E-state index contributed by atoms with van der Waals surface area (Å²) in [5.74, 6) is 0. The Morgan fingerprint density at radius 1 is 1.36 bits per heavy atom. The van der Waals surface area contributed by atoms with E-state index in [0.717, 1.165) is 20.9 Å². The van der Waals surface area contributed by atoms with E-state index in [2.05, 4.69) is 27.0 Å². The van der Waals surface area contributed by atoms with Crippen LogP contribution in [0.2, 0.25) is 0 Å². The molecule has 3 heteroatoms. The molecule has 0 aliphatic rings. The van der Waals surface area contributed by atoms with Gasteiger partial charge in [0.2, 0.25) is 0 Å². The van der Waals surface area contributed by atoms with Crippen LogP contribution in [0.4, 0.5) is 0 Å². The number of aromatic nitrogens is 1. The minimum absolute atomic E-state index is 0.0679. The number of halogens is 1. The first-order chi connectivity index (χ1) is 6.66. The molecule has 2 rings (SSSR count). The molecule has 0 bridgehead atoms. The summed E-state index contributed by atoms with van der Waals surface area (Å²) in [6.45, 7) is 1.98. The summed E-state index contributed by atoms with van der Waals surface area (Å²) in [6.07, 6.45) is 1.80. The lowest BCUT2D eigenvalue weighted by atomic mass is 10.1. The standard InChI is InChI=1S/C11H11BrN2/c1-7(13)8-2-3-11-9(4-8)5-10(12)6-14-11/h2-7H,13H2,1H3. The van der Waals surface area contributed by atoms with E-state index in [1.54, 1.807) is 6.20 Å². The fraction of sp³-hybridized carbons (Fsp3) is 0.182. The first-order valence-electron chi connectivity index (χ1n) is 4.47. The van der Waals surface area contributed by atoms with Gasteiger partial charge in [-0.15, -0.1) is 0 Å². The van der Waals surface area contributed by atoms with Gasteiger partial charge < -0.3 is 5.73 Å². The summed E-state index contributed by atoms with van der Waals surface area (Å²) < 4.78 is 0.992. The van der Waals surface area contributed by atoms with Gasteiger partial charge >= 0.3 is 0 Å². The predicted molar refractivity (Wildman–Crippen MR) is 62.0 cm³/mol. The van der Waals surface area contributed by atoms with Crippen LogP contribution >= 0.6 is 15.9 Å². The number of hydrogen-bond acceptors (Lipinski definition) is 2. The molecule has 0 spiro atoms. The normalized spacial score (nSPS) is 13.1. The van der Waals surface area contributed by atoms with Gasteiger partial charge in [-0.1, -0.05) is 6.07 Å². The Morgan fingerprint density at radius 2 is 2.14 bits per heavy atom. The molecule has 1 atom stereocenters. The van der Waals surface area contributed by atoms with Crippen LogP contribution in [0.5, 0.6) is 0 Å². The maximum atomic E-state index is 5.81. The first kappa shape index (κ1) is 9.62. The van der Waals surface area contributed by atoms with Gasteiger partial charge in [-0.05, 0) is 46.6 Å². The van der Waals surface area contributed by atoms with Crippen molar-refractivity contribution in [1.29, 1.82) is 0 Å². The molecule has 0 radical (unpaired) electrons. The van der Waals surface area contributed by atoms with Gasteiger partial charge in [0.15, 0.2) is 0 Å². The zero-order valence-corrected chi connectivity index (χ0v) is 9.45. The molecule has 1 aromatic heterocycles. The Balaban J connectivity index is 2.63. The maximum Gasteiger partial charge on any atom is 0.0703 e. The first-order valence-corrected chi connectivity index (χ1v) is 5.27. The second-order valence-corrected chi connectivity index (χ2v) is 4.31. The van der Waals surface area contributed by atoms with Crippen molar-refractivity contribution in [3.63, 3.8) is 0 Å². The zero-order valence-electron chi connectivity index (χ0n) is 7.87. The van der Waals surface area contributed by atoms with Crippen molar-refractivity contribution in [2.45, 2.75) is 13.0 Å². The van der Waals surface area contributed by atoms with E-state index in [1.165, 1.54) is 0 Å². The summed E-state index contributed by atoms with van der Waals surface area (Å²) in [5.41, 5.74) is 7.94. The molecule has 0 saturated heterocycles. The van der Waals surface area contributed by atoms with Crippen LogP contribution in [-0.4, -0.2) is 4.98 Å². The summed E-state index contributed by atoms with van der Waals surface area (Å²) in [5, 5.41) is 1.12. The van der Waals surface area contributed by atoms with E-state index >= 15 is 0 Å². The summed E-state index contributed by atoms with van der Waals surface area (Å²) in [4.78, 5) is 4.29. The fourth-order valence-electron chi connectivity index (χ4n) is 1.41. The lowest BCUT2D eigenvalue weighted by molar-refractivity contribution is 0.820. The summed E-state index contributed by atoms with van der Waals surface area (Å²) >= 11 is 3.40. The number of hydrogen-bond donors (Lipinski definition) is 1. The number of benzene rings is 1. The molecule has 0 aliphatic heterocycles. The molecule has 2 nitrogen and oxygen atoms in total. The van der Waals surface area contributed by atoms with Crippen LogP contribution in [0, 0.1) is 0 Å². The van der Waals surface area contributed by atoms with Gasteiger partial charge in [-0.25, -0.2) is 0 Å². The van der Waals surface area contributed by atoms with E-state index in [4.69, 9.17) is 5.73 Å². The smallest absolute Gasteiger partial charge is 0.0703 e. The highest BCUT2D eigenvalue weighted by molar-refractivity contribution is 9.10. The highest BCUT2D eigenvalue weighted by atomic mass is 79.9. The Hall–Kier alpha value is -0.930. The fourth-order valence-corrected chi connectivity index (χ4v) is 1.76. The van der Waals surface area contributed by atoms with Crippen molar-refractivity contribution in [1.82, 2.24) is 4.98 Å². The van der Waals surface area contributed by atoms with Crippen molar-refractivity contribution in [3.8, 4) is 0 Å². The maximum absolute atomic E-state index is 5.81. The third-order valence-corrected chi connectivity index (χ3v) is 2.63. The lowest BCUT2D eigenvalue weighted by Gasteiger charge is -2.06. The zero-order chi connectivity index (χ0) is 10.1. The Bertz CT molecular complexity index is 466. The van der Waals surface area contributed by atoms with E-state index in [9.17, 15) is 0 Å². The number of rotatable bonds is 1. The summed E-state index contributed by atoms with van der Waals surface area (Å²) in [6, 6.07) is 8.22. The molecule has 1 heterocycles. The van der Waals surface area contributed by atoms with Crippen LogP contribution in [0.1, 0.15) is 18.5 Å². The summed E-state index contributed by atoms with van der Waals surface area (Å²) in [7, 11) is 0. The van der Waals surface area contributed by atoms with Crippen molar-refractivity contribution in [2.24, 2.45) is 5.73 Å². The molecular formula is C11H11BrN2. The van der Waals surface area contributed by atoms with E-state index in [-0.39, 0.29) is 6.04 Å². The lowest BCUT2D eigenvalue weighted by Crippen LogP contribution is -2.04. The number of fused-ring (bicyclic) bond motifs is 1. The van der Waals surface area contributed by atoms with Crippen molar-refractivity contribution in [3.05, 3.63) is 40.5 Å². The third kappa shape index (κ3) is 1.79. The van der Waals surface area contributed by atoms with Crippen LogP contribution in [0.3, 0.4) is 0 Å². The van der Waals surface area contributed by atoms with E-state index < -0.39 is 0 Å². The monoisotopic (exact) mass is 250 g/mol. The highest BCUT2D eigenvalue weighted by Crippen LogP contribution is 2.20. The van der Waals surface area contributed by atoms with Crippen molar-refractivity contribution >= 4 is 26.8 Å². The average molecular weight is 251 g/mol. The van der Waals surface area contributed by atoms with Gasteiger partial charge in [0.1, 0.15) is 0 Å². The van der Waals surface area contributed by atoms with Crippen LogP contribution in [-0.2, 0) is 0 Å². The van der Waals surface area contributed by atoms with Gasteiger partial charge in [-0.2, -0.15) is 0 Å². The molecule has 2 N–H and O–H groups in total. The molecule has 72 valence electrons. The molecule has 14 heavy (non-hydrogen) atoms. The van der Waals surface area contributed by atoms with Gasteiger partial charge in [0, 0.05) is 22.1 Å². The molecule has 0 amide bonds. The number of pyridine rings is 1. The van der Waals surface area contributed by atoms with Crippen LogP contribution < -0.4 is 5.73 Å². The average Bonchev–Trinajstić information content (AvgIpc) is 2.16. The molecule has 0 aliphatic carbocycles. The minimum atomic E-state index is 0.0679. The molecule has 0 fully saturated rings. The third-order valence-electron chi connectivity index (χ3n) is 2.20. The molecule has 1 unspecified atom stereocenters. The van der Waals surface area contributed by atoms with Gasteiger partial charge in [-0.3, -0.25) is 4.98 Å². The SMILES string of the molecule is CC(N)c1ccc2ncc(Br)cc2c1. The quantitative estimate of drug-likeness (QED) is 0.846. The largest absolute Gasteiger partial charge is 0.324 e. The number of nitrogens with two attached hydrogens (primary N) is 1. The topological polar surface area (TPSA) is 38.9 Å². The van der Waals surface area contributed by atoms with Gasteiger partial charge in [0.25, 0.3) is 0 Å². The Labute approximate surface area is 91.3 Å². The molecule has 2 aromatic rings. The van der Waals surface area contributed by atoms with Crippen LogP contribution in [0.25, 0.3) is 10.9 Å². The minimum Gasteiger partial charge on any atom is -0.324 e. The Morgan fingerprint density at radius 3 is 2.86 bits per heavy atom. The highest BCUT2D eigenvalue weighted by Gasteiger charge is 2.01. The van der Waals surface area contributed by atoms with Crippen molar-refractivity contribution < 1.29 is 0 Å². The van der Waals surface area contributed by atoms with Crippen LogP contribution in [0.15, 0.2) is 34.9 Å². The van der Waals surface area contributed by atoms with Gasteiger partial charge in [0.05, 0.1) is 5.52 Å². The van der Waals surface area contributed by atoms with Crippen molar-refractivity contribution in [2.75, 3.05) is 0 Å².